The number of esters is 1. The summed E-state index contributed by atoms with van der Waals surface area (Å²) in [6, 6.07) is 2.26. The Kier molecular flexibility index (Phi) is 3.76. The fraction of sp³-hybridized carbons (Fsp3) is 0.357. The van der Waals surface area contributed by atoms with Gasteiger partial charge in [-0.3, -0.25) is 0 Å². The van der Waals surface area contributed by atoms with Gasteiger partial charge in [0, 0.05) is 11.6 Å². The molecule has 0 aromatic heterocycles. The van der Waals surface area contributed by atoms with Crippen LogP contribution in [0.3, 0.4) is 0 Å². The van der Waals surface area contributed by atoms with Gasteiger partial charge in [-0.2, -0.15) is 0 Å². The second kappa shape index (κ2) is 5.32. The number of ether oxygens (including phenoxy) is 1. The van der Waals surface area contributed by atoms with E-state index in [0.29, 0.717) is 0 Å². The largest absolute Gasteiger partial charge is 0.508 e. The van der Waals surface area contributed by atoms with Gasteiger partial charge in [0.05, 0.1) is 5.56 Å². The number of carbonyl (C=O) groups is 1. The number of allylic oxidation sites excluding steroid dienone is 1. The number of phenolic OH excluding ortho intramolecular Hbond substituents is 2. The van der Waals surface area contributed by atoms with E-state index in [0.717, 1.165) is 18.9 Å². The first-order valence-corrected chi connectivity index (χ1v) is 6.16. The number of unbranched alkanes of at least 4 members (excludes halogenated alkanes) is 1. The van der Waals surface area contributed by atoms with Crippen LogP contribution in [-0.2, 0) is 4.74 Å². The van der Waals surface area contributed by atoms with Crippen molar-refractivity contribution in [1.29, 1.82) is 0 Å². The summed E-state index contributed by atoms with van der Waals surface area (Å²) in [5.74, 6) is -1.23. The summed E-state index contributed by atoms with van der Waals surface area (Å²) in [6.45, 7) is 2.01. The smallest absolute Gasteiger partial charge is 0.339 e. The van der Waals surface area contributed by atoms with Gasteiger partial charge in [-0.15, -0.1) is 0 Å². The van der Waals surface area contributed by atoms with Crippen LogP contribution in [0.15, 0.2) is 24.3 Å². The minimum absolute atomic E-state index is 0.00913. The van der Waals surface area contributed by atoms with Gasteiger partial charge < -0.3 is 20.1 Å². The third-order valence-electron chi connectivity index (χ3n) is 2.99. The number of fused-ring (bicyclic) bond motifs is 1. The summed E-state index contributed by atoms with van der Waals surface area (Å²) in [6.07, 6.45) is 3.24. The van der Waals surface area contributed by atoms with Crippen molar-refractivity contribution in [3.63, 3.8) is 0 Å². The molecule has 0 aliphatic carbocycles. The number of cyclic esters (lactones) is 1. The van der Waals surface area contributed by atoms with Crippen molar-refractivity contribution in [2.24, 2.45) is 0 Å². The van der Waals surface area contributed by atoms with Gasteiger partial charge >= 0.3 is 5.97 Å². The lowest BCUT2D eigenvalue weighted by Gasteiger charge is -2.28. The van der Waals surface area contributed by atoms with Crippen LogP contribution in [0.4, 0.5) is 0 Å². The normalized spacial score (nSPS) is 22.3. The van der Waals surface area contributed by atoms with Crippen LogP contribution in [-0.4, -0.2) is 27.4 Å². The average Bonchev–Trinajstić information content (AvgIpc) is 2.34. The molecule has 1 heterocycles. The fourth-order valence-electron chi connectivity index (χ4n) is 2.06. The number of rotatable bonds is 3. The number of benzene rings is 1. The topological polar surface area (TPSA) is 87.0 Å². The molecule has 1 aliphatic heterocycles. The molecule has 0 amide bonds. The van der Waals surface area contributed by atoms with Crippen molar-refractivity contribution in [2.75, 3.05) is 0 Å². The van der Waals surface area contributed by atoms with Gasteiger partial charge in [-0.1, -0.05) is 19.4 Å². The lowest BCUT2D eigenvalue weighted by molar-refractivity contribution is -0.0112. The number of carbonyl (C=O) groups excluding carboxylic acids is 1. The van der Waals surface area contributed by atoms with Crippen LogP contribution in [0.5, 0.6) is 11.5 Å². The van der Waals surface area contributed by atoms with Crippen LogP contribution in [0, 0.1) is 0 Å². The van der Waals surface area contributed by atoms with E-state index in [2.05, 4.69) is 0 Å². The van der Waals surface area contributed by atoms with Gasteiger partial charge in [0.15, 0.2) is 6.10 Å². The summed E-state index contributed by atoms with van der Waals surface area (Å²) in [5, 5.41) is 29.3. The molecule has 0 bridgehead atoms. The molecule has 19 heavy (non-hydrogen) atoms. The lowest BCUT2D eigenvalue weighted by Crippen LogP contribution is -2.30. The van der Waals surface area contributed by atoms with Crippen LogP contribution in [0.25, 0.3) is 0 Å². The van der Waals surface area contributed by atoms with Crippen molar-refractivity contribution in [1.82, 2.24) is 0 Å². The summed E-state index contributed by atoms with van der Waals surface area (Å²) >= 11 is 0. The highest BCUT2D eigenvalue weighted by Gasteiger charge is 2.35. The summed E-state index contributed by atoms with van der Waals surface area (Å²) in [4.78, 5) is 11.8. The molecule has 0 unspecified atom stereocenters. The molecule has 0 radical (unpaired) electrons. The van der Waals surface area contributed by atoms with E-state index in [1.807, 2.05) is 13.0 Å². The molecule has 2 rings (SSSR count). The molecule has 0 spiro atoms. The minimum atomic E-state index is -1.14. The first kappa shape index (κ1) is 13.4. The Morgan fingerprint density at radius 1 is 1.37 bits per heavy atom. The molecule has 0 saturated carbocycles. The molecular weight excluding hydrogens is 248 g/mol. The molecular formula is C14H16O5. The standard InChI is InChI=1S/C14H16O5/c1-2-3-4-5-11-13(17)12-9(14(18)19-11)6-8(15)7-10(12)16/h4-7,11,13,15-17H,2-3H2,1H3/b5-4+/t11-,13+/m0/s1. The third-order valence-corrected chi connectivity index (χ3v) is 2.99. The third kappa shape index (κ3) is 2.56. The van der Waals surface area contributed by atoms with Crippen molar-refractivity contribution in [2.45, 2.75) is 32.0 Å². The zero-order valence-electron chi connectivity index (χ0n) is 10.5. The predicted octanol–water partition coefficient (Wildman–Crippen LogP) is 2.03. The Labute approximate surface area is 110 Å². The first-order chi connectivity index (χ1) is 9.04. The van der Waals surface area contributed by atoms with E-state index < -0.39 is 18.2 Å². The highest BCUT2D eigenvalue weighted by atomic mass is 16.6. The Morgan fingerprint density at radius 2 is 2.11 bits per heavy atom. The molecule has 5 nitrogen and oxygen atoms in total. The van der Waals surface area contributed by atoms with E-state index in [9.17, 15) is 20.1 Å². The Balaban J connectivity index is 2.37. The predicted molar refractivity (Wildman–Crippen MR) is 68.0 cm³/mol. The molecule has 2 atom stereocenters. The van der Waals surface area contributed by atoms with E-state index in [4.69, 9.17) is 4.74 Å². The van der Waals surface area contributed by atoms with Crippen LogP contribution >= 0.6 is 0 Å². The molecule has 1 aliphatic rings. The number of phenols is 2. The Bertz CT molecular complexity index is 521. The van der Waals surface area contributed by atoms with Crippen molar-refractivity contribution in [3.8, 4) is 11.5 Å². The summed E-state index contributed by atoms with van der Waals surface area (Å²) in [7, 11) is 0. The lowest BCUT2D eigenvalue weighted by atomic mass is 9.94. The number of hydrogen-bond acceptors (Lipinski definition) is 5. The van der Waals surface area contributed by atoms with E-state index in [1.54, 1.807) is 6.08 Å². The average molecular weight is 264 g/mol. The van der Waals surface area contributed by atoms with Crippen molar-refractivity contribution in [3.05, 3.63) is 35.4 Å². The van der Waals surface area contributed by atoms with E-state index in [-0.39, 0.29) is 22.6 Å². The Hall–Kier alpha value is -2.01. The number of aliphatic hydroxyl groups excluding tert-OH is 1. The zero-order valence-corrected chi connectivity index (χ0v) is 10.5. The number of hydrogen-bond donors (Lipinski definition) is 3. The minimum Gasteiger partial charge on any atom is -0.508 e. The first-order valence-electron chi connectivity index (χ1n) is 6.16. The zero-order chi connectivity index (χ0) is 14.0. The number of aromatic hydroxyl groups is 2. The van der Waals surface area contributed by atoms with E-state index >= 15 is 0 Å². The molecule has 1 aromatic rings. The molecule has 5 heteroatoms. The van der Waals surface area contributed by atoms with Crippen LogP contribution in [0.1, 0.15) is 41.8 Å². The van der Waals surface area contributed by atoms with Gasteiger partial charge in [0.2, 0.25) is 0 Å². The van der Waals surface area contributed by atoms with Crippen LogP contribution in [0.2, 0.25) is 0 Å². The molecule has 0 fully saturated rings. The second-order valence-corrected chi connectivity index (χ2v) is 4.46. The van der Waals surface area contributed by atoms with Crippen molar-refractivity contribution < 1.29 is 24.9 Å². The van der Waals surface area contributed by atoms with Gasteiger partial charge in [0.1, 0.15) is 17.6 Å². The van der Waals surface area contributed by atoms with Crippen LogP contribution < -0.4 is 0 Å². The van der Waals surface area contributed by atoms with Gasteiger partial charge in [-0.25, -0.2) is 4.79 Å². The number of aliphatic hydroxyl groups is 1. The maximum atomic E-state index is 11.8. The summed E-state index contributed by atoms with van der Waals surface area (Å²) < 4.78 is 5.08. The second-order valence-electron chi connectivity index (χ2n) is 4.46. The van der Waals surface area contributed by atoms with E-state index in [1.165, 1.54) is 6.07 Å². The van der Waals surface area contributed by atoms with Crippen molar-refractivity contribution >= 4 is 5.97 Å². The molecule has 0 saturated heterocycles. The van der Waals surface area contributed by atoms with Gasteiger partial charge in [-0.05, 0) is 18.6 Å². The maximum absolute atomic E-state index is 11.8. The molecule has 102 valence electrons. The fourth-order valence-corrected chi connectivity index (χ4v) is 2.06. The highest BCUT2D eigenvalue weighted by molar-refractivity contribution is 5.94. The quantitative estimate of drug-likeness (QED) is 0.574. The monoisotopic (exact) mass is 264 g/mol. The molecule has 1 aromatic carbocycles. The Morgan fingerprint density at radius 3 is 2.79 bits per heavy atom. The molecule has 3 N–H and O–H groups in total. The van der Waals surface area contributed by atoms with Gasteiger partial charge in [0.25, 0.3) is 0 Å². The highest BCUT2D eigenvalue weighted by Crippen LogP contribution is 2.38. The summed E-state index contributed by atoms with van der Waals surface area (Å²) in [5.41, 5.74) is 0.0883. The maximum Gasteiger partial charge on any atom is 0.339 e. The SMILES string of the molecule is CCC/C=C/[C@@H]1OC(=O)c2cc(O)cc(O)c2[C@@H]1O.